The molecule has 0 saturated carbocycles. The van der Waals surface area contributed by atoms with E-state index in [1.54, 1.807) is 7.11 Å². The standard InChI is InChI=1S/C17H26N2O3S.C2HF3O2/c1-21-8-4-16(20)19-7-9-22-14-17(13-19)5-6-18(12-17)11-15-3-2-10-23-15;3-2(4,5)1(6)7/h2-3,10H,4-9,11-14H2,1H3;(H,6,7). The Kier molecular flexibility index (Phi) is 9.08. The molecule has 1 aromatic rings. The lowest BCUT2D eigenvalue weighted by Crippen LogP contribution is -2.43. The molecule has 2 aliphatic rings. The Morgan fingerprint density at radius 1 is 1.33 bits per heavy atom. The molecule has 1 amide bonds. The van der Waals surface area contributed by atoms with Gasteiger partial charge in [-0.3, -0.25) is 9.69 Å². The zero-order chi connectivity index (χ0) is 22.2. The first-order valence-electron chi connectivity index (χ1n) is 9.54. The summed E-state index contributed by atoms with van der Waals surface area (Å²) in [5, 5.41) is 9.26. The van der Waals surface area contributed by atoms with Gasteiger partial charge in [-0.05, 0) is 24.4 Å². The van der Waals surface area contributed by atoms with E-state index in [1.165, 1.54) is 4.88 Å². The van der Waals surface area contributed by atoms with Gasteiger partial charge >= 0.3 is 12.1 Å². The number of likely N-dealkylation sites (tertiary alicyclic amines) is 1. The van der Waals surface area contributed by atoms with Crippen LogP contribution in [-0.2, 0) is 25.6 Å². The Balaban J connectivity index is 0.000000396. The number of rotatable bonds is 5. The van der Waals surface area contributed by atoms with Gasteiger partial charge in [0.2, 0.25) is 5.91 Å². The molecule has 3 heterocycles. The number of carboxylic acid groups (broad SMARTS) is 1. The van der Waals surface area contributed by atoms with Crippen molar-refractivity contribution in [1.29, 1.82) is 0 Å². The van der Waals surface area contributed by atoms with Crippen LogP contribution >= 0.6 is 11.3 Å². The fourth-order valence-corrected chi connectivity index (χ4v) is 4.33. The van der Waals surface area contributed by atoms with E-state index in [2.05, 4.69) is 22.4 Å². The minimum Gasteiger partial charge on any atom is -0.475 e. The lowest BCUT2D eigenvalue weighted by Gasteiger charge is -2.32. The molecule has 1 spiro atoms. The predicted molar refractivity (Wildman–Crippen MR) is 104 cm³/mol. The zero-order valence-corrected chi connectivity index (χ0v) is 17.6. The monoisotopic (exact) mass is 452 g/mol. The molecule has 11 heteroatoms. The van der Waals surface area contributed by atoms with E-state index in [0.29, 0.717) is 26.2 Å². The Bertz CT molecular complexity index is 686. The number of amides is 1. The van der Waals surface area contributed by atoms with Crippen LogP contribution in [0, 0.1) is 5.41 Å². The van der Waals surface area contributed by atoms with E-state index in [-0.39, 0.29) is 11.3 Å². The first-order valence-corrected chi connectivity index (χ1v) is 10.4. The van der Waals surface area contributed by atoms with Crippen LogP contribution in [0.1, 0.15) is 17.7 Å². The summed E-state index contributed by atoms with van der Waals surface area (Å²) >= 11 is 1.81. The first kappa shape index (κ1) is 24.6. The summed E-state index contributed by atoms with van der Waals surface area (Å²) in [7, 11) is 1.64. The molecule has 1 unspecified atom stereocenters. The number of alkyl halides is 3. The minimum atomic E-state index is -5.08. The molecule has 0 aromatic carbocycles. The summed E-state index contributed by atoms with van der Waals surface area (Å²) in [6, 6.07) is 4.30. The predicted octanol–water partition coefficient (Wildman–Crippen LogP) is 2.47. The molecule has 2 saturated heterocycles. The van der Waals surface area contributed by atoms with E-state index in [4.69, 9.17) is 19.4 Å². The highest BCUT2D eigenvalue weighted by Gasteiger charge is 2.42. The molecule has 2 aliphatic heterocycles. The topological polar surface area (TPSA) is 79.3 Å². The van der Waals surface area contributed by atoms with E-state index in [1.807, 2.05) is 16.2 Å². The Morgan fingerprint density at radius 2 is 2.07 bits per heavy atom. The van der Waals surface area contributed by atoms with Crippen molar-refractivity contribution in [1.82, 2.24) is 9.80 Å². The summed E-state index contributed by atoms with van der Waals surface area (Å²) in [6.07, 6.45) is -3.52. The van der Waals surface area contributed by atoms with Crippen molar-refractivity contribution in [3.05, 3.63) is 22.4 Å². The summed E-state index contributed by atoms with van der Waals surface area (Å²) in [4.78, 5) is 27.2. The van der Waals surface area contributed by atoms with Crippen LogP contribution in [0.25, 0.3) is 0 Å². The third-order valence-corrected chi connectivity index (χ3v) is 5.89. The SMILES string of the molecule is COCCC(=O)N1CCOCC2(CCN(Cc3cccs3)C2)C1.O=C(O)C(F)(F)F. The van der Waals surface area contributed by atoms with Gasteiger partial charge in [-0.2, -0.15) is 13.2 Å². The number of halogens is 3. The van der Waals surface area contributed by atoms with E-state index < -0.39 is 12.1 Å². The molecule has 170 valence electrons. The van der Waals surface area contributed by atoms with Crippen molar-refractivity contribution >= 4 is 23.2 Å². The van der Waals surface area contributed by atoms with Gasteiger partial charge in [-0.25, -0.2) is 4.79 Å². The number of ether oxygens (including phenoxy) is 2. The second-order valence-electron chi connectivity index (χ2n) is 7.45. The summed E-state index contributed by atoms with van der Waals surface area (Å²) < 4.78 is 42.6. The zero-order valence-electron chi connectivity index (χ0n) is 16.8. The van der Waals surface area contributed by atoms with Gasteiger partial charge in [0.05, 0.1) is 26.2 Å². The third kappa shape index (κ3) is 7.53. The molecule has 2 fully saturated rings. The van der Waals surface area contributed by atoms with Crippen LogP contribution in [0.4, 0.5) is 13.2 Å². The van der Waals surface area contributed by atoms with Crippen molar-refractivity contribution in [3.8, 4) is 0 Å². The molecule has 1 N–H and O–H groups in total. The highest BCUT2D eigenvalue weighted by Crippen LogP contribution is 2.34. The van der Waals surface area contributed by atoms with Gasteiger partial charge < -0.3 is 19.5 Å². The number of carbonyl (C=O) groups is 2. The number of methoxy groups -OCH3 is 1. The van der Waals surface area contributed by atoms with Crippen LogP contribution < -0.4 is 0 Å². The number of hydrogen-bond donors (Lipinski definition) is 1. The van der Waals surface area contributed by atoms with E-state index in [9.17, 15) is 18.0 Å². The largest absolute Gasteiger partial charge is 0.490 e. The third-order valence-electron chi connectivity index (χ3n) is 5.03. The van der Waals surface area contributed by atoms with Crippen molar-refractivity contribution in [2.24, 2.45) is 5.41 Å². The van der Waals surface area contributed by atoms with Crippen molar-refractivity contribution in [2.45, 2.75) is 25.6 Å². The van der Waals surface area contributed by atoms with Crippen LogP contribution in [-0.4, -0.2) is 86.1 Å². The molecule has 0 aliphatic carbocycles. The van der Waals surface area contributed by atoms with Gasteiger partial charge in [0.15, 0.2) is 0 Å². The fourth-order valence-electron chi connectivity index (χ4n) is 3.59. The first-order chi connectivity index (χ1) is 14.1. The van der Waals surface area contributed by atoms with Crippen molar-refractivity contribution < 1.29 is 37.3 Å². The van der Waals surface area contributed by atoms with Gasteiger partial charge in [-0.1, -0.05) is 6.07 Å². The molecular weight excluding hydrogens is 425 g/mol. The van der Waals surface area contributed by atoms with Crippen LogP contribution in [0.5, 0.6) is 0 Å². The average Bonchev–Trinajstić information content (AvgIpc) is 3.27. The quantitative estimate of drug-likeness (QED) is 0.740. The maximum atomic E-state index is 12.4. The number of aliphatic carboxylic acids is 1. The molecule has 0 radical (unpaired) electrons. The molecule has 0 bridgehead atoms. The van der Waals surface area contributed by atoms with Crippen molar-refractivity contribution in [2.75, 3.05) is 53.1 Å². The number of carbonyl (C=O) groups excluding carboxylic acids is 1. The molecule has 30 heavy (non-hydrogen) atoms. The van der Waals surface area contributed by atoms with Crippen LogP contribution in [0.2, 0.25) is 0 Å². The number of nitrogens with zero attached hydrogens (tertiary/aromatic N) is 2. The molecular formula is C19H27F3N2O5S. The lowest BCUT2D eigenvalue weighted by molar-refractivity contribution is -0.192. The minimum absolute atomic E-state index is 0.0937. The smallest absolute Gasteiger partial charge is 0.475 e. The molecule has 7 nitrogen and oxygen atoms in total. The lowest BCUT2D eigenvalue weighted by atomic mass is 9.87. The van der Waals surface area contributed by atoms with Gasteiger partial charge in [0.1, 0.15) is 0 Å². The second kappa shape index (κ2) is 11.1. The fraction of sp³-hybridized carbons (Fsp3) is 0.684. The second-order valence-corrected chi connectivity index (χ2v) is 8.49. The maximum Gasteiger partial charge on any atom is 0.490 e. The van der Waals surface area contributed by atoms with Crippen molar-refractivity contribution in [3.63, 3.8) is 0 Å². The van der Waals surface area contributed by atoms with Gasteiger partial charge in [0.25, 0.3) is 0 Å². The molecule has 1 atom stereocenters. The summed E-state index contributed by atoms with van der Waals surface area (Å²) in [5.74, 6) is -2.57. The van der Waals surface area contributed by atoms with Crippen LogP contribution in [0.3, 0.4) is 0 Å². The van der Waals surface area contributed by atoms with Crippen LogP contribution in [0.15, 0.2) is 17.5 Å². The van der Waals surface area contributed by atoms with Gasteiger partial charge in [0, 0.05) is 43.6 Å². The normalized spacial score (nSPS) is 22.5. The Labute approximate surface area is 177 Å². The van der Waals surface area contributed by atoms with E-state index in [0.717, 1.165) is 39.2 Å². The Morgan fingerprint density at radius 3 is 2.67 bits per heavy atom. The maximum absolute atomic E-state index is 12.4. The summed E-state index contributed by atoms with van der Waals surface area (Å²) in [5.41, 5.74) is 0.0937. The average molecular weight is 452 g/mol. The molecule has 1 aromatic heterocycles. The van der Waals surface area contributed by atoms with E-state index >= 15 is 0 Å². The Hall–Kier alpha value is -1.69. The molecule has 3 rings (SSSR count). The highest BCUT2D eigenvalue weighted by atomic mass is 32.1. The van der Waals surface area contributed by atoms with Gasteiger partial charge in [-0.15, -0.1) is 11.3 Å². The number of carboxylic acids is 1. The number of thiophene rings is 1. The summed E-state index contributed by atoms with van der Waals surface area (Å²) in [6.45, 7) is 6.53. The number of hydrogen-bond acceptors (Lipinski definition) is 6. The highest BCUT2D eigenvalue weighted by molar-refractivity contribution is 7.09.